The lowest BCUT2D eigenvalue weighted by Gasteiger charge is -2.24. The Balaban J connectivity index is 1.71. The van der Waals surface area contributed by atoms with Crippen LogP contribution in [-0.2, 0) is 9.53 Å². The highest BCUT2D eigenvalue weighted by Crippen LogP contribution is 2.20. The van der Waals surface area contributed by atoms with Crippen molar-refractivity contribution >= 4 is 5.91 Å². The Hall–Kier alpha value is -0.610. The number of amides is 1. The number of nitrogens with zero attached hydrogens (tertiary/aromatic N) is 1. The maximum absolute atomic E-state index is 12.0. The molecule has 0 aromatic rings. The molecule has 1 amide bonds. The maximum Gasteiger partial charge on any atom is 0.222 e. The molecule has 0 saturated carbocycles. The van der Waals surface area contributed by atoms with Gasteiger partial charge in [-0.3, -0.25) is 4.79 Å². The number of methoxy groups -OCH3 is 1. The van der Waals surface area contributed by atoms with Gasteiger partial charge in [0.2, 0.25) is 5.91 Å². The van der Waals surface area contributed by atoms with Crippen LogP contribution in [0.5, 0.6) is 0 Å². The third-order valence-electron chi connectivity index (χ3n) is 3.87. The zero-order valence-electron chi connectivity index (χ0n) is 10.8. The van der Waals surface area contributed by atoms with Crippen molar-refractivity contribution in [1.82, 2.24) is 10.2 Å². The molecule has 0 aliphatic carbocycles. The van der Waals surface area contributed by atoms with Crippen molar-refractivity contribution in [1.29, 1.82) is 0 Å². The molecule has 4 nitrogen and oxygen atoms in total. The Labute approximate surface area is 104 Å². The fourth-order valence-electron chi connectivity index (χ4n) is 2.85. The summed E-state index contributed by atoms with van der Waals surface area (Å²) in [5.41, 5.74) is 0. The van der Waals surface area contributed by atoms with Crippen molar-refractivity contribution in [2.45, 2.75) is 50.6 Å². The Morgan fingerprint density at radius 1 is 1.29 bits per heavy atom. The van der Waals surface area contributed by atoms with Gasteiger partial charge in [-0.1, -0.05) is 0 Å². The molecule has 2 rings (SSSR count). The molecular weight excluding hydrogens is 216 g/mol. The first kappa shape index (κ1) is 12.8. The minimum Gasteiger partial charge on any atom is -0.385 e. The van der Waals surface area contributed by atoms with Gasteiger partial charge >= 0.3 is 0 Å². The molecule has 2 heterocycles. The van der Waals surface area contributed by atoms with E-state index in [2.05, 4.69) is 10.2 Å². The van der Waals surface area contributed by atoms with Gasteiger partial charge < -0.3 is 15.0 Å². The second kappa shape index (κ2) is 6.36. The van der Waals surface area contributed by atoms with Gasteiger partial charge in [0.1, 0.15) is 0 Å². The van der Waals surface area contributed by atoms with Crippen LogP contribution in [0.4, 0.5) is 0 Å². The van der Waals surface area contributed by atoms with Crippen molar-refractivity contribution < 1.29 is 9.53 Å². The van der Waals surface area contributed by atoms with Gasteiger partial charge in [0.15, 0.2) is 0 Å². The summed E-state index contributed by atoms with van der Waals surface area (Å²) in [6, 6.07) is 1.21. The van der Waals surface area contributed by atoms with Crippen LogP contribution < -0.4 is 5.32 Å². The van der Waals surface area contributed by atoms with Crippen LogP contribution in [0.15, 0.2) is 0 Å². The second-order valence-corrected chi connectivity index (χ2v) is 5.22. The van der Waals surface area contributed by atoms with Gasteiger partial charge in [-0.15, -0.1) is 0 Å². The maximum atomic E-state index is 12.0. The molecule has 2 atom stereocenters. The van der Waals surface area contributed by atoms with E-state index >= 15 is 0 Å². The highest BCUT2D eigenvalue weighted by Gasteiger charge is 2.30. The number of nitrogens with one attached hydrogen (secondary N) is 1. The lowest BCUT2D eigenvalue weighted by Crippen LogP contribution is -2.38. The highest BCUT2D eigenvalue weighted by molar-refractivity contribution is 5.76. The van der Waals surface area contributed by atoms with Gasteiger partial charge in [0, 0.05) is 45.3 Å². The van der Waals surface area contributed by atoms with E-state index in [0.717, 1.165) is 39.0 Å². The third kappa shape index (κ3) is 3.68. The fraction of sp³-hybridized carbons (Fsp3) is 0.923. The predicted octanol–water partition coefficient (Wildman–Crippen LogP) is 1.16. The molecule has 2 aliphatic rings. The molecule has 0 spiro atoms. The smallest absolute Gasteiger partial charge is 0.222 e. The largest absolute Gasteiger partial charge is 0.385 e. The number of hydrogen-bond donors (Lipinski definition) is 1. The second-order valence-electron chi connectivity index (χ2n) is 5.22. The zero-order chi connectivity index (χ0) is 12.1. The molecular formula is C13H24N2O2. The van der Waals surface area contributed by atoms with Crippen molar-refractivity contribution in [2.24, 2.45) is 0 Å². The van der Waals surface area contributed by atoms with Gasteiger partial charge in [0.25, 0.3) is 0 Å². The number of carbonyl (C=O) groups is 1. The summed E-state index contributed by atoms with van der Waals surface area (Å²) in [6.45, 7) is 2.62. The molecule has 1 N–H and O–H groups in total. The van der Waals surface area contributed by atoms with E-state index < -0.39 is 0 Å². The molecule has 17 heavy (non-hydrogen) atoms. The number of fused-ring (bicyclic) bond motifs is 2. The lowest BCUT2D eigenvalue weighted by atomic mass is 10.1. The lowest BCUT2D eigenvalue weighted by molar-refractivity contribution is -0.131. The number of unbranched alkanes of at least 4 members (excludes halogenated alkanes) is 1. The normalized spacial score (nSPS) is 28.2. The van der Waals surface area contributed by atoms with Crippen molar-refractivity contribution in [3.05, 3.63) is 0 Å². The first-order chi connectivity index (χ1) is 8.29. The van der Waals surface area contributed by atoms with E-state index in [1.165, 1.54) is 12.8 Å². The number of hydrogen-bond acceptors (Lipinski definition) is 3. The van der Waals surface area contributed by atoms with E-state index in [4.69, 9.17) is 4.74 Å². The Bertz CT molecular complexity index is 258. The summed E-state index contributed by atoms with van der Waals surface area (Å²) in [6.07, 6.45) is 6.27. The first-order valence-corrected chi connectivity index (χ1v) is 6.82. The molecule has 2 aliphatic heterocycles. The van der Waals surface area contributed by atoms with Crippen LogP contribution in [0.1, 0.15) is 38.5 Å². The van der Waals surface area contributed by atoms with Crippen LogP contribution in [0.2, 0.25) is 0 Å². The van der Waals surface area contributed by atoms with Gasteiger partial charge in [-0.25, -0.2) is 0 Å². The molecule has 98 valence electrons. The summed E-state index contributed by atoms with van der Waals surface area (Å²) in [4.78, 5) is 14.1. The third-order valence-corrected chi connectivity index (χ3v) is 3.87. The topological polar surface area (TPSA) is 41.6 Å². The van der Waals surface area contributed by atoms with Gasteiger partial charge in [-0.2, -0.15) is 0 Å². The van der Waals surface area contributed by atoms with E-state index in [-0.39, 0.29) is 0 Å². The standard InChI is InChI=1S/C13H24N2O2/c1-17-9-3-2-4-13(16)15-8-7-11-5-6-12(10-15)14-11/h11-12,14H,2-10H2,1H3. The summed E-state index contributed by atoms with van der Waals surface area (Å²) >= 11 is 0. The Morgan fingerprint density at radius 2 is 2.12 bits per heavy atom. The number of likely N-dealkylation sites (tertiary alicyclic amines) is 1. The average molecular weight is 240 g/mol. The summed E-state index contributed by atoms with van der Waals surface area (Å²) in [5, 5.41) is 3.60. The van der Waals surface area contributed by atoms with E-state index in [0.29, 0.717) is 24.4 Å². The van der Waals surface area contributed by atoms with Gasteiger partial charge in [0.05, 0.1) is 0 Å². The highest BCUT2D eigenvalue weighted by atomic mass is 16.5. The Kier molecular flexibility index (Phi) is 4.80. The van der Waals surface area contributed by atoms with Crippen molar-refractivity contribution in [3.8, 4) is 0 Å². The number of ether oxygens (including phenoxy) is 1. The van der Waals surface area contributed by atoms with Gasteiger partial charge in [-0.05, 0) is 32.1 Å². The SMILES string of the molecule is COCCCCC(=O)N1CCC2CCC(C1)N2. The molecule has 2 unspecified atom stereocenters. The van der Waals surface area contributed by atoms with Crippen molar-refractivity contribution in [3.63, 3.8) is 0 Å². The average Bonchev–Trinajstić information content (AvgIpc) is 2.64. The summed E-state index contributed by atoms with van der Waals surface area (Å²) < 4.78 is 4.99. The minimum absolute atomic E-state index is 0.329. The number of carbonyl (C=O) groups excluding carboxylic acids is 1. The summed E-state index contributed by atoms with van der Waals surface area (Å²) in [5.74, 6) is 0.329. The van der Waals surface area contributed by atoms with Crippen LogP contribution in [0.3, 0.4) is 0 Å². The van der Waals surface area contributed by atoms with Crippen LogP contribution >= 0.6 is 0 Å². The molecule has 2 fully saturated rings. The monoisotopic (exact) mass is 240 g/mol. The minimum atomic E-state index is 0.329. The zero-order valence-corrected chi connectivity index (χ0v) is 10.8. The van der Waals surface area contributed by atoms with Crippen LogP contribution in [-0.4, -0.2) is 49.7 Å². The molecule has 0 aromatic carbocycles. The molecule has 4 heteroatoms. The van der Waals surface area contributed by atoms with Crippen LogP contribution in [0, 0.1) is 0 Å². The fourth-order valence-corrected chi connectivity index (χ4v) is 2.85. The van der Waals surface area contributed by atoms with Crippen LogP contribution in [0.25, 0.3) is 0 Å². The molecule has 2 saturated heterocycles. The van der Waals surface area contributed by atoms with E-state index in [9.17, 15) is 4.79 Å². The molecule has 0 radical (unpaired) electrons. The van der Waals surface area contributed by atoms with E-state index in [1.807, 2.05) is 0 Å². The quantitative estimate of drug-likeness (QED) is 0.733. The van der Waals surface area contributed by atoms with Crippen molar-refractivity contribution in [2.75, 3.05) is 26.8 Å². The Morgan fingerprint density at radius 3 is 2.94 bits per heavy atom. The first-order valence-electron chi connectivity index (χ1n) is 6.82. The molecule has 0 aromatic heterocycles. The number of rotatable bonds is 5. The summed E-state index contributed by atoms with van der Waals surface area (Å²) in [7, 11) is 1.71. The molecule has 2 bridgehead atoms. The predicted molar refractivity (Wildman–Crippen MR) is 66.9 cm³/mol. The van der Waals surface area contributed by atoms with E-state index in [1.54, 1.807) is 7.11 Å².